The van der Waals surface area contributed by atoms with Gasteiger partial charge >= 0.3 is 12.4 Å². The Hall–Kier alpha value is -1.98. The van der Waals surface area contributed by atoms with Gasteiger partial charge in [-0.15, -0.1) is 0 Å². The van der Waals surface area contributed by atoms with Gasteiger partial charge in [0.1, 0.15) is 0 Å². The summed E-state index contributed by atoms with van der Waals surface area (Å²) in [6.07, 6.45) is -9.78. The summed E-state index contributed by atoms with van der Waals surface area (Å²) < 4.78 is 76.2. The molecule has 2 aromatic rings. The van der Waals surface area contributed by atoms with E-state index in [0.717, 1.165) is 6.07 Å². The normalized spacial score (nSPS) is 12.5. The largest absolute Gasteiger partial charge is 0.417 e. The molecule has 6 heteroatoms. The van der Waals surface area contributed by atoms with Gasteiger partial charge in [0.25, 0.3) is 0 Å². The lowest BCUT2D eigenvalue weighted by atomic mass is 9.97. The molecular weight excluding hydrogens is 282 g/mol. The molecular formula is C14H7F6. The molecule has 0 aliphatic rings. The number of rotatable bonds is 1. The fourth-order valence-electron chi connectivity index (χ4n) is 1.74. The molecule has 0 fully saturated rings. The molecule has 1 radical (unpaired) electrons. The fraction of sp³-hybridized carbons (Fsp3) is 0.143. The van der Waals surface area contributed by atoms with E-state index in [2.05, 4.69) is 0 Å². The first-order chi connectivity index (χ1) is 9.19. The van der Waals surface area contributed by atoms with Crippen molar-refractivity contribution < 1.29 is 26.3 Å². The van der Waals surface area contributed by atoms with Gasteiger partial charge in [-0.05, 0) is 17.2 Å². The summed E-state index contributed by atoms with van der Waals surface area (Å²) in [5.41, 5.74) is -3.00. The van der Waals surface area contributed by atoms with Crippen LogP contribution >= 0.6 is 0 Å². The highest BCUT2D eigenvalue weighted by Gasteiger charge is 2.38. The molecule has 0 unspecified atom stereocenters. The van der Waals surface area contributed by atoms with Gasteiger partial charge in [-0.25, -0.2) is 0 Å². The first-order valence-corrected chi connectivity index (χ1v) is 5.46. The fourth-order valence-corrected chi connectivity index (χ4v) is 1.74. The molecule has 105 valence electrons. The van der Waals surface area contributed by atoms with Crippen molar-refractivity contribution in [2.75, 3.05) is 0 Å². The lowest BCUT2D eigenvalue weighted by Gasteiger charge is -2.15. The van der Waals surface area contributed by atoms with Gasteiger partial charge in [0.05, 0.1) is 11.1 Å². The molecule has 0 saturated heterocycles. The SMILES string of the molecule is FC(F)(F)c1[c]c(C(F)(F)F)c(-c2ccccc2)cc1. The van der Waals surface area contributed by atoms with E-state index in [1.54, 1.807) is 6.07 Å². The molecule has 0 heterocycles. The molecule has 2 aromatic carbocycles. The number of hydrogen-bond donors (Lipinski definition) is 0. The van der Waals surface area contributed by atoms with Crippen LogP contribution in [0.2, 0.25) is 0 Å². The van der Waals surface area contributed by atoms with Crippen LogP contribution in [-0.4, -0.2) is 0 Å². The summed E-state index contributed by atoms with van der Waals surface area (Å²) in [5, 5.41) is 0. The molecule has 0 atom stereocenters. The Labute approximate surface area is 110 Å². The van der Waals surface area contributed by atoms with E-state index >= 15 is 0 Å². The third kappa shape index (κ3) is 2.95. The van der Waals surface area contributed by atoms with Crippen molar-refractivity contribution in [2.45, 2.75) is 12.4 Å². The Bertz CT molecular complexity index is 595. The van der Waals surface area contributed by atoms with E-state index in [0.29, 0.717) is 6.07 Å². The first-order valence-electron chi connectivity index (χ1n) is 5.46. The Morgan fingerprint density at radius 2 is 1.30 bits per heavy atom. The van der Waals surface area contributed by atoms with Crippen molar-refractivity contribution in [2.24, 2.45) is 0 Å². The van der Waals surface area contributed by atoms with Crippen molar-refractivity contribution >= 4 is 0 Å². The van der Waals surface area contributed by atoms with Gasteiger partial charge in [-0.1, -0.05) is 36.4 Å². The van der Waals surface area contributed by atoms with Gasteiger partial charge in [0, 0.05) is 6.07 Å². The number of halogens is 6. The standard InChI is InChI=1S/C14H7F6/c15-13(16,17)10-6-7-11(9-4-2-1-3-5-9)12(8-10)14(18,19)20/h1-7H. The lowest BCUT2D eigenvalue weighted by molar-refractivity contribution is -0.143. The Morgan fingerprint density at radius 3 is 1.80 bits per heavy atom. The highest BCUT2D eigenvalue weighted by atomic mass is 19.4. The van der Waals surface area contributed by atoms with Crippen LogP contribution in [0.5, 0.6) is 0 Å². The predicted molar refractivity (Wildman–Crippen MR) is 60.7 cm³/mol. The quantitative estimate of drug-likeness (QED) is 0.634. The summed E-state index contributed by atoms with van der Waals surface area (Å²) in [6.45, 7) is 0. The molecule has 0 N–H and O–H groups in total. The highest BCUT2D eigenvalue weighted by Crippen LogP contribution is 2.40. The van der Waals surface area contributed by atoms with E-state index < -0.39 is 23.5 Å². The maximum absolute atomic E-state index is 12.9. The first kappa shape index (κ1) is 14.4. The van der Waals surface area contributed by atoms with E-state index in [1.165, 1.54) is 30.3 Å². The average Bonchev–Trinajstić information content (AvgIpc) is 2.37. The molecule has 0 aliphatic heterocycles. The minimum atomic E-state index is -4.91. The van der Waals surface area contributed by atoms with E-state index in [1.807, 2.05) is 0 Å². The van der Waals surface area contributed by atoms with Crippen molar-refractivity contribution in [1.82, 2.24) is 0 Å². The topological polar surface area (TPSA) is 0 Å². The second kappa shape index (κ2) is 4.85. The van der Waals surface area contributed by atoms with E-state index in [-0.39, 0.29) is 11.1 Å². The van der Waals surface area contributed by atoms with Crippen molar-refractivity contribution in [3.05, 3.63) is 59.7 Å². The summed E-state index contributed by atoms with van der Waals surface area (Å²) in [4.78, 5) is 0. The van der Waals surface area contributed by atoms with Gasteiger partial charge in [0.2, 0.25) is 0 Å². The third-order valence-electron chi connectivity index (χ3n) is 2.62. The summed E-state index contributed by atoms with van der Waals surface area (Å²) in [5.74, 6) is 0. The number of hydrogen-bond acceptors (Lipinski definition) is 0. The van der Waals surface area contributed by atoms with Crippen LogP contribution in [0.15, 0.2) is 42.5 Å². The maximum Gasteiger partial charge on any atom is 0.417 e. The van der Waals surface area contributed by atoms with Crippen LogP contribution in [0, 0.1) is 6.07 Å². The Balaban J connectivity index is 2.65. The van der Waals surface area contributed by atoms with Crippen LogP contribution in [0.1, 0.15) is 11.1 Å². The summed E-state index contributed by atoms with van der Waals surface area (Å²) >= 11 is 0. The monoisotopic (exact) mass is 289 g/mol. The second-order valence-electron chi connectivity index (χ2n) is 4.02. The Kier molecular flexibility index (Phi) is 3.50. The maximum atomic E-state index is 12.9. The minimum absolute atomic E-state index is 0.185. The van der Waals surface area contributed by atoms with Gasteiger partial charge in [0.15, 0.2) is 0 Å². The summed E-state index contributed by atoms with van der Waals surface area (Å²) in [7, 11) is 0. The highest BCUT2D eigenvalue weighted by molar-refractivity contribution is 5.68. The van der Waals surface area contributed by atoms with E-state index in [4.69, 9.17) is 0 Å². The molecule has 0 aliphatic carbocycles. The molecule has 0 amide bonds. The van der Waals surface area contributed by atoms with Gasteiger partial charge < -0.3 is 0 Å². The van der Waals surface area contributed by atoms with Crippen molar-refractivity contribution in [1.29, 1.82) is 0 Å². The lowest BCUT2D eigenvalue weighted by Crippen LogP contribution is -2.12. The minimum Gasteiger partial charge on any atom is -0.166 e. The Morgan fingerprint density at radius 1 is 0.700 bits per heavy atom. The molecule has 0 nitrogen and oxygen atoms in total. The van der Waals surface area contributed by atoms with Crippen molar-refractivity contribution in [3.63, 3.8) is 0 Å². The smallest absolute Gasteiger partial charge is 0.166 e. The average molecular weight is 289 g/mol. The number of alkyl halides is 6. The van der Waals surface area contributed by atoms with Crippen molar-refractivity contribution in [3.8, 4) is 11.1 Å². The van der Waals surface area contributed by atoms with Crippen LogP contribution in [0.25, 0.3) is 11.1 Å². The zero-order chi connectivity index (χ0) is 15.0. The molecule has 0 aromatic heterocycles. The van der Waals surface area contributed by atoms with Crippen LogP contribution in [0.3, 0.4) is 0 Å². The van der Waals surface area contributed by atoms with Crippen LogP contribution in [-0.2, 0) is 12.4 Å². The number of benzene rings is 2. The third-order valence-corrected chi connectivity index (χ3v) is 2.62. The predicted octanol–water partition coefficient (Wildman–Crippen LogP) is 5.19. The molecule has 2 rings (SSSR count). The van der Waals surface area contributed by atoms with Crippen LogP contribution in [0.4, 0.5) is 26.3 Å². The van der Waals surface area contributed by atoms with Gasteiger partial charge in [-0.3, -0.25) is 0 Å². The second-order valence-corrected chi connectivity index (χ2v) is 4.02. The molecule has 20 heavy (non-hydrogen) atoms. The van der Waals surface area contributed by atoms with Gasteiger partial charge in [-0.2, -0.15) is 26.3 Å². The zero-order valence-corrected chi connectivity index (χ0v) is 9.81. The van der Waals surface area contributed by atoms with Crippen LogP contribution < -0.4 is 0 Å². The molecule has 0 bridgehead atoms. The summed E-state index contributed by atoms with van der Waals surface area (Å²) in [6, 6.07) is 10.3. The molecule has 0 saturated carbocycles. The van der Waals surface area contributed by atoms with E-state index in [9.17, 15) is 26.3 Å². The molecule has 0 spiro atoms. The zero-order valence-electron chi connectivity index (χ0n) is 9.81.